The average molecular weight is 304 g/mol. The first-order valence-corrected chi connectivity index (χ1v) is 6.84. The number of anilines is 1. The molecule has 1 aliphatic heterocycles. The van der Waals surface area contributed by atoms with Crippen LogP contribution in [0.1, 0.15) is 13.3 Å². The van der Waals surface area contributed by atoms with Crippen LogP contribution in [-0.2, 0) is 0 Å². The molecule has 0 unspecified atom stereocenters. The number of hydrogen-bond acceptors (Lipinski definition) is 5. The zero-order valence-corrected chi connectivity index (χ0v) is 11.8. The zero-order valence-electron chi connectivity index (χ0n) is 11.8. The maximum Gasteiger partial charge on any atom is 0.418 e. The van der Waals surface area contributed by atoms with Crippen molar-refractivity contribution in [1.82, 2.24) is 15.1 Å². The summed E-state index contributed by atoms with van der Waals surface area (Å²) in [4.78, 5) is 3.64. The minimum Gasteiger partial charge on any atom is -0.380 e. The predicted octanol–water partition coefficient (Wildman–Crippen LogP) is 1.30. The highest BCUT2D eigenvalue weighted by molar-refractivity contribution is 5.36. The summed E-state index contributed by atoms with van der Waals surface area (Å²) in [5.74, 6) is 0.724. The molecule has 21 heavy (non-hydrogen) atoms. The molecule has 8 heteroatoms. The molecule has 1 aromatic heterocycles. The van der Waals surface area contributed by atoms with E-state index in [1.165, 1.54) is 0 Å². The lowest BCUT2D eigenvalue weighted by Crippen LogP contribution is -2.52. The molecule has 1 fully saturated rings. The van der Waals surface area contributed by atoms with Crippen LogP contribution in [-0.4, -0.2) is 64.7 Å². The Morgan fingerprint density at radius 3 is 2.62 bits per heavy atom. The molecule has 1 N–H and O–H groups in total. The molecule has 0 spiro atoms. The van der Waals surface area contributed by atoms with E-state index in [2.05, 4.69) is 10.2 Å². The van der Waals surface area contributed by atoms with Crippen molar-refractivity contribution in [3.05, 3.63) is 18.3 Å². The van der Waals surface area contributed by atoms with Crippen molar-refractivity contribution in [2.45, 2.75) is 25.1 Å². The van der Waals surface area contributed by atoms with Gasteiger partial charge in [-0.15, -0.1) is 5.10 Å². The molecule has 1 aromatic rings. The van der Waals surface area contributed by atoms with E-state index in [1.54, 1.807) is 17.2 Å². The molecule has 0 aromatic carbocycles. The van der Waals surface area contributed by atoms with Crippen molar-refractivity contribution >= 4 is 5.82 Å². The summed E-state index contributed by atoms with van der Waals surface area (Å²) in [5, 5.41) is 17.4. The van der Waals surface area contributed by atoms with Crippen LogP contribution in [0.4, 0.5) is 19.0 Å². The summed E-state index contributed by atoms with van der Waals surface area (Å²) < 4.78 is 38.2. The van der Waals surface area contributed by atoms with Gasteiger partial charge in [0.1, 0.15) is 0 Å². The van der Waals surface area contributed by atoms with E-state index in [0.717, 1.165) is 12.7 Å². The highest BCUT2D eigenvalue weighted by Gasteiger charge is 2.50. The number of nitrogens with zero attached hydrogens (tertiary/aromatic N) is 4. The van der Waals surface area contributed by atoms with Gasteiger partial charge in [0, 0.05) is 38.9 Å². The second-order valence-electron chi connectivity index (χ2n) is 5.47. The lowest BCUT2D eigenvalue weighted by Gasteiger charge is -2.32. The molecule has 1 aliphatic rings. The highest BCUT2D eigenvalue weighted by Crippen LogP contribution is 2.30. The molecule has 0 bridgehead atoms. The fraction of sp³-hybridized carbons (Fsp3) is 0.692. The maximum absolute atomic E-state index is 12.7. The quantitative estimate of drug-likeness (QED) is 0.912. The van der Waals surface area contributed by atoms with Gasteiger partial charge in [0.25, 0.3) is 0 Å². The lowest BCUT2D eigenvalue weighted by molar-refractivity contribution is -0.257. The normalized spacial score (nSPS) is 20.9. The molecule has 0 radical (unpaired) electrons. The Kier molecular flexibility index (Phi) is 4.67. The van der Waals surface area contributed by atoms with Crippen LogP contribution in [0, 0.1) is 0 Å². The van der Waals surface area contributed by atoms with Gasteiger partial charge in [-0.25, -0.2) is 0 Å². The van der Waals surface area contributed by atoms with Crippen LogP contribution in [0.3, 0.4) is 0 Å². The van der Waals surface area contributed by atoms with E-state index in [0.29, 0.717) is 32.6 Å². The number of aliphatic hydroxyl groups is 1. The third-order valence-corrected chi connectivity index (χ3v) is 3.61. The van der Waals surface area contributed by atoms with E-state index in [-0.39, 0.29) is 0 Å². The third-order valence-electron chi connectivity index (χ3n) is 3.61. The van der Waals surface area contributed by atoms with E-state index >= 15 is 0 Å². The number of halogens is 3. The Morgan fingerprint density at radius 2 is 2.00 bits per heavy atom. The topological polar surface area (TPSA) is 52.5 Å². The SMILES string of the molecule is C[C@](O)(CN1CCCN(c2cccnn2)CC1)C(F)(F)F. The van der Waals surface area contributed by atoms with E-state index < -0.39 is 18.3 Å². The molecular formula is C13H19F3N4O. The molecule has 1 saturated heterocycles. The Balaban J connectivity index is 1.95. The largest absolute Gasteiger partial charge is 0.418 e. The number of aromatic nitrogens is 2. The lowest BCUT2D eigenvalue weighted by atomic mass is 10.1. The first kappa shape index (κ1) is 16.0. The summed E-state index contributed by atoms with van der Waals surface area (Å²) >= 11 is 0. The molecule has 2 rings (SSSR count). The van der Waals surface area contributed by atoms with E-state index in [9.17, 15) is 18.3 Å². The van der Waals surface area contributed by atoms with Gasteiger partial charge in [-0.2, -0.15) is 18.3 Å². The van der Waals surface area contributed by atoms with Crippen LogP contribution in [0.2, 0.25) is 0 Å². The van der Waals surface area contributed by atoms with Crippen molar-refractivity contribution in [3.63, 3.8) is 0 Å². The number of rotatable bonds is 3. The molecule has 118 valence electrons. The van der Waals surface area contributed by atoms with Gasteiger partial charge in [-0.1, -0.05) is 0 Å². The van der Waals surface area contributed by atoms with Gasteiger partial charge in [-0.3, -0.25) is 4.90 Å². The second-order valence-corrected chi connectivity index (χ2v) is 5.47. The highest BCUT2D eigenvalue weighted by atomic mass is 19.4. The van der Waals surface area contributed by atoms with Gasteiger partial charge in [0.2, 0.25) is 0 Å². The maximum atomic E-state index is 12.7. The number of hydrogen-bond donors (Lipinski definition) is 1. The molecule has 0 saturated carbocycles. The fourth-order valence-corrected chi connectivity index (χ4v) is 2.35. The second kappa shape index (κ2) is 6.15. The van der Waals surface area contributed by atoms with Crippen LogP contribution in [0.15, 0.2) is 18.3 Å². The van der Waals surface area contributed by atoms with Crippen LogP contribution < -0.4 is 4.90 Å². The summed E-state index contributed by atoms with van der Waals surface area (Å²) in [5.41, 5.74) is -2.69. The standard InChI is InChI=1S/C13H19F3N4O/c1-12(21,13(14,15)16)10-19-6-3-7-20(9-8-19)11-4-2-5-17-18-11/h2,4-5,21H,3,6-10H2,1H3/t12-/m0/s1. The molecule has 1 atom stereocenters. The van der Waals surface area contributed by atoms with Crippen LogP contribution in [0.25, 0.3) is 0 Å². The fourth-order valence-electron chi connectivity index (χ4n) is 2.35. The third kappa shape index (κ3) is 4.04. The minimum absolute atomic E-state index is 0.412. The predicted molar refractivity (Wildman–Crippen MR) is 72.0 cm³/mol. The molecule has 2 heterocycles. The monoisotopic (exact) mass is 304 g/mol. The summed E-state index contributed by atoms with van der Waals surface area (Å²) in [6.07, 6.45) is -2.33. The summed E-state index contributed by atoms with van der Waals surface area (Å²) in [6.45, 7) is 2.64. The van der Waals surface area contributed by atoms with Crippen molar-refractivity contribution < 1.29 is 18.3 Å². The number of β-amino-alcohol motifs (C(OH)–C–C–N with tert-alkyl or cyclic N) is 1. The Bertz CT molecular complexity index is 452. The van der Waals surface area contributed by atoms with Crippen molar-refractivity contribution in [2.24, 2.45) is 0 Å². The minimum atomic E-state index is -4.62. The molecule has 0 aliphatic carbocycles. The van der Waals surface area contributed by atoms with E-state index in [4.69, 9.17) is 0 Å². The summed E-state index contributed by atoms with van der Waals surface area (Å²) in [7, 11) is 0. The number of alkyl halides is 3. The van der Waals surface area contributed by atoms with Crippen molar-refractivity contribution in [2.75, 3.05) is 37.6 Å². The van der Waals surface area contributed by atoms with Gasteiger partial charge < -0.3 is 10.0 Å². The Morgan fingerprint density at radius 1 is 1.24 bits per heavy atom. The van der Waals surface area contributed by atoms with Gasteiger partial charge in [0.05, 0.1) is 0 Å². The average Bonchev–Trinajstić information content (AvgIpc) is 2.63. The molecule has 0 amide bonds. The van der Waals surface area contributed by atoms with Gasteiger partial charge >= 0.3 is 6.18 Å². The first-order valence-electron chi connectivity index (χ1n) is 6.84. The van der Waals surface area contributed by atoms with E-state index in [1.807, 2.05) is 11.0 Å². The van der Waals surface area contributed by atoms with Gasteiger partial charge in [-0.05, 0) is 25.5 Å². The van der Waals surface area contributed by atoms with Crippen molar-refractivity contribution in [3.8, 4) is 0 Å². The van der Waals surface area contributed by atoms with Crippen LogP contribution >= 0.6 is 0 Å². The Labute approximate surface area is 121 Å². The zero-order chi connectivity index (χ0) is 15.5. The van der Waals surface area contributed by atoms with Crippen LogP contribution in [0.5, 0.6) is 0 Å². The smallest absolute Gasteiger partial charge is 0.380 e. The first-order chi connectivity index (χ1) is 9.79. The molecule has 5 nitrogen and oxygen atoms in total. The molecular weight excluding hydrogens is 285 g/mol. The van der Waals surface area contributed by atoms with Gasteiger partial charge in [0.15, 0.2) is 11.4 Å². The van der Waals surface area contributed by atoms with Crippen molar-refractivity contribution in [1.29, 1.82) is 0 Å². The summed E-state index contributed by atoms with van der Waals surface area (Å²) in [6, 6.07) is 3.61. The Hall–Kier alpha value is -1.41.